The first-order chi connectivity index (χ1) is 14.4. The molecule has 0 saturated heterocycles. The van der Waals surface area contributed by atoms with Crippen LogP contribution in [0.3, 0.4) is 0 Å². The predicted octanol–water partition coefficient (Wildman–Crippen LogP) is 2.68. The first-order valence-corrected chi connectivity index (χ1v) is 9.54. The first kappa shape index (κ1) is 19.5. The SMILES string of the molecule is CC(=O)O[C@@H](c1nc2ccccc2c(=O)n1-n1cnc2ccccc2c1=O)C(C)C. The molecule has 0 spiro atoms. The van der Waals surface area contributed by atoms with Crippen LogP contribution in [0.25, 0.3) is 21.8 Å². The van der Waals surface area contributed by atoms with Crippen LogP contribution in [0.1, 0.15) is 32.7 Å². The number of benzene rings is 2. The number of ether oxygens (including phenoxy) is 1. The van der Waals surface area contributed by atoms with Crippen molar-refractivity contribution >= 4 is 27.8 Å². The fourth-order valence-corrected chi connectivity index (χ4v) is 3.40. The molecule has 8 heteroatoms. The summed E-state index contributed by atoms with van der Waals surface area (Å²) < 4.78 is 7.77. The molecule has 0 unspecified atom stereocenters. The molecular formula is C22H20N4O4. The lowest BCUT2D eigenvalue weighted by Crippen LogP contribution is -2.39. The fraction of sp³-hybridized carbons (Fsp3) is 0.227. The second-order valence-corrected chi connectivity index (χ2v) is 7.29. The van der Waals surface area contributed by atoms with E-state index in [0.29, 0.717) is 21.8 Å². The Morgan fingerprint density at radius 2 is 1.53 bits per heavy atom. The third kappa shape index (κ3) is 3.26. The van der Waals surface area contributed by atoms with Gasteiger partial charge in [0.2, 0.25) is 0 Å². The number of rotatable bonds is 4. The minimum Gasteiger partial charge on any atom is -0.454 e. The zero-order chi connectivity index (χ0) is 21.4. The summed E-state index contributed by atoms with van der Waals surface area (Å²) in [6.45, 7) is 4.99. The van der Waals surface area contributed by atoms with Gasteiger partial charge < -0.3 is 4.74 Å². The lowest BCUT2D eigenvalue weighted by Gasteiger charge is -2.24. The Balaban J connectivity index is 2.12. The highest BCUT2D eigenvalue weighted by Gasteiger charge is 2.27. The summed E-state index contributed by atoms with van der Waals surface area (Å²) in [4.78, 5) is 47.3. The quantitative estimate of drug-likeness (QED) is 0.485. The number of hydrogen-bond acceptors (Lipinski definition) is 6. The summed E-state index contributed by atoms with van der Waals surface area (Å²) in [5.74, 6) is -0.549. The number of carbonyl (C=O) groups excluding carboxylic acids is 1. The Labute approximate surface area is 171 Å². The van der Waals surface area contributed by atoms with Crippen LogP contribution in [0.5, 0.6) is 0 Å². The van der Waals surface area contributed by atoms with E-state index in [1.54, 1.807) is 48.5 Å². The molecule has 8 nitrogen and oxygen atoms in total. The van der Waals surface area contributed by atoms with Gasteiger partial charge in [0, 0.05) is 6.92 Å². The molecule has 0 aliphatic rings. The maximum atomic E-state index is 13.4. The highest BCUT2D eigenvalue weighted by atomic mass is 16.5. The van der Waals surface area contributed by atoms with Gasteiger partial charge in [0.15, 0.2) is 11.9 Å². The molecule has 0 aliphatic heterocycles. The predicted molar refractivity (Wildman–Crippen MR) is 112 cm³/mol. The number of hydrogen-bond donors (Lipinski definition) is 0. The van der Waals surface area contributed by atoms with Gasteiger partial charge in [0.25, 0.3) is 11.1 Å². The van der Waals surface area contributed by atoms with Crippen molar-refractivity contribution in [2.45, 2.75) is 26.9 Å². The minimum absolute atomic E-state index is 0.156. The monoisotopic (exact) mass is 404 g/mol. The van der Waals surface area contributed by atoms with Gasteiger partial charge in [-0.1, -0.05) is 38.1 Å². The Morgan fingerprint density at radius 1 is 0.933 bits per heavy atom. The van der Waals surface area contributed by atoms with Crippen LogP contribution < -0.4 is 11.1 Å². The normalized spacial score (nSPS) is 12.4. The zero-order valence-corrected chi connectivity index (χ0v) is 16.8. The van der Waals surface area contributed by atoms with Crippen molar-refractivity contribution in [2.75, 3.05) is 0 Å². The van der Waals surface area contributed by atoms with Crippen LogP contribution >= 0.6 is 0 Å². The van der Waals surface area contributed by atoms with E-state index in [1.165, 1.54) is 13.3 Å². The van der Waals surface area contributed by atoms with E-state index >= 15 is 0 Å². The maximum absolute atomic E-state index is 13.4. The molecule has 2 aromatic heterocycles. The van der Waals surface area contributed by atoms with Gasteiger partial charge in [-0.2, -0.15) is 9.35 Å². The third-order valence-corrected chi connectivity index (χ3v) is 4.80. The second-order valence-electron chi connectivity index (χ2n) is 7.29. The Hall–Kier alpha value is -3.81. The van der Waals surface area contributed by atoms with E-state index < -0.39 is 23.2 Å². The summed E-state index contributed by atoms with van der Waals surface area (Å²) in [5.41, 5.74) is 0.0924. The van der Waals surface area contributed by atoms with Crippen molar-refractivity contribution in [1.29, 1.82) is 0 Å². The van der Waals surface area contributed by atoms with Crippen molar-refractivity contribution in [2.24, 2.45) is 5.92 Å². The summed E-state index contributed by atoms with van der Waals surface area (Å²) in [6.07, 6.45) is 0.454. The number of carbonyl (C=O) groups is 1. The molecule has 2 heterocycles. The molecule has 0 saturated carbocycles. The molecule has 4 rings (SSSR count). The lowest BCUT2D eigenvalue weighted by molar-refractivity contribution is -0.149. The fourth-order valence-electron chi connectivity index (χ4n) is 3.40. The van der Waals surface area contributed by atoms with Gasteiger partial charge in [0.05, 0.1) is 21.8 Å². The molecule has 0 N–H and O–H groups in total. The number of aromatic nitrogens is 4. The van der Waals surface area contributed by atoms with E-state index in [9.17, 15) is 14.4 Å². The molecule has 152 valence electrons. The molecule has 0 bridgehead atoms. The maximum Gasteiger partial charge on any atom is 0.303 e. The van der Waals surface area contributed by atoms with E-state index in [4.69, 9.17) is 4.74 Å². The number of esters is 1. The molecule has 1 atom stereocenters. The third-order valence-electron chi connectivity index (χ3n) is 4.80. The number of para-hydroxylation sites is 2. The second kappa shape index (κ2) is 7.55. The molecule has 0 amide bonds. The van der Waals surface area contributed by atoms with E-state index in [1.807, 2.05) is 13.8 Å². The Bertz CT molecular complexity index is 1390. The highest BCUT2D eigenvalue weighted by Crippen LogP contribution is 2.25. The van der Waals surface area contributed by atoms with Crippen LogP contribution in [0.2, 0.25) is 0 Å². The van der Waals surface area contributed by atoms with Gasteiger partial charge in [-0.25, -0.2) is 9.97 Å². The van der Waals surface area contributed by atoms with Crippen molar-refractivity contribution in [3.05, 3.63) is 81.4 Å². The van der Waals surface area contributed by atoms with Gasteiger partial charge in [-0.15, -0.1) is 0 Å². The average Bonchev–Trinajstić information content (AvgIpc) is 2.73. The summed E-state index contributed by atoms with van der Waals surface area (Å²) >= 11 is 0. The molecule has 4 aromatic rings. The van der Waals surface area contributed by atoms with Gasteiger partial charge in [-0.3, -0.25) is 14.4 Å². The Morgan fingerprint density at radius 3 is 2.17 bits per heavy atom. The van der Waals surface area contributed by atoms with Crippen LogP contribution in [-0.2, 0) is 9.53 Å². The van der Waals surface area contributed by atoms with Crippen LogP contribution in [0.4, 0.5) is 0 Å². The Kier molecular flexibility index (Phi) is 4.91. The average molecular weight is 404 g/mol. The number of fused-ring (bicyclic) bond motifs is 2. The number of nitrogens with zero attached hydrogens (tertiary/aromatic N) is 4. The zero-order valence-electron chi connectivity index (χ0n) is 16.8. The van der Waals surface area contributed by atoms with Crippen LogP contribution in [-0.4, -0.2) is 25.3 Å². The van der Waals surface area contributed by atoms with Crippen molar-refractivity contribution in [3.8, 4) is 0 Å². The molecule has 30 heavy (non-hydrogen) atoms. The van der Waals surface area contributed by atoms with E-state index in [2.05, 4.69) is 9.97 Å². The molecule has 2 aromatic carbocycles. The standard InChI is InChI=1S/C22H20N4O4/c1-13(2)19(30-14(3)27)20-24-18-11-7-5-9-16(18)22(29)26(20)25-12-23-17-10-6-4-8-15(17)21(25)28/h4-13,19H,1-3H3/t19-/m1/s1. The summed E-state index contributed by atoms with van der Waals surface area (Å²) in [7, 11) is 0. The highest BCUT2D eigenvalue weighted by molar-refractivity contribution is 5.78. The topological polar surface area (TPSA) is 96.1 Å². The molecule has 0 aliphatic carbocycles. The van der Waals surface area contributed by atoms with Crippen LogP contribution in [0, 0.1) is 5.92 Å². The minimum atomic E-state index is -0.835. The van der Waals surface area contributed by atoms with Crippen molar-refractivity contribution in [1.82, 2.24) is 19.3 Å². The molecule has 0 radical (unpaired) electrons. The summed E-state index contributed by atoms with van der Waals surface area (Å²) in [6, 6.07) is 13.7. The van der Waals surface area contributed by atoms with Crippen molar-refractivity contribution in [3.63, 3.8) is 0 Å². The van der Waals surface area contributed by atoms with E-state index in [-0.39, 0.29) is 11.7 Å². The van der Waals surface area contributed by atoms with E-state index in [0.717, 1.165) is 9.35 Å². The van der Waals surface area contributed by atoms with Gasteiger partial charge >= 0.3 is 5.97 Å². The van der Waals surface area contributed by atoms with Crippen molar-refractivity contribution < 1.29 is 9.53 Å². The largest absolute Gasteiger partial charge is 0.454 e. The van der Waals surface area contributed by atoms with Gasteiger partial charge in [0.1, 0.15) is 6.33 Å². The van der Waals surface area contributed by atoms with Crippen LogP contribution in [0.15, 0.2) is 64.4 Å². The smallest absolute Gasteiger partial charge is 0.303 e. The van der Waals surface area contributed by atoms with Gasteiger partial charge in [-0.05, 0) is 30.2 Å². The molecule has 0 fully saturated rings. The molecular weight excluding hydrogens is 384 g/mol. The lowest BCUT2D eigenvalue weighted by atomic mass is 10.1. The summed E-state index contributed by atoms with van der Waals surface area (Å²) in [5, 5.41) is 0.700. The first-order valence-electron chi connectivity index (χ1n) is 9.54.